The van der Waals surface area contributed by atoms with E-state index in [2.05, 4.69) is 14.8 Å². The van der Waals surface area contributed by atoms with E-state index in [1.807, 2.05) is 0 Å². The Kier molecular flexibility index (Phi) is 5.15. The van der Waals surface area contributed by atoms with Crippen LogP contribution in [0.15, 0.2) is 24.5 Å². The fourth-order valence-electron chi connectivity index (χ4n) is 1.83. The summed E-state index contributed by atoms with van der Waals surface area (Å²) in [5.74, 6) is 0.649. The summed E-state index contributed by atoms with van der Waals surface area (Å²) in [5, 5.41) is 4.01. The minimum absolute atomic E-state index is 0.0513. The maximum absolute atomic E-state index is 11.9. The first-order valence-electron chi connectivity index (χ1n) is 6.49. The number of nitrogens with zero attached hydrogens (tertiary/aromatic N) is 3. The number of sulfonamides is 1. The number of carbonyl (C=O) groups is 1. The normalized spacial score (nSPS) is 11.4. The van der Waals surface area contributed by atoms with Crippen molar-refractivity contribution in [2.45, 2.75) is 13.3 Å². The van der Waals surface area contributed by atoms with Crippen molar-refractivity contribution in [3.63, 3.8) is 0 Å². The summed E-state index contributed by atoms with van der Waals surface area (Å²) in [6, 6.07) is 3.17. The van der Waals surface area contributed by atoms with Gasteiger partial charge < -0.3 is 0 Å². The van der Waals surface area contributed by atoms with Crippen LogP contribution in [0.25, 0.3) is 5.82 Å². The molecular formula is C13H15ClN4O3S. The molecule has 2 aromatic heterocycles. The van der Waals surface area contributed by atoms with Gasteiger partial charge in [-0.05, 0) is 19.4 Å². The van der Waals surface area contributed by atoms with E-state index in [1.54, 1.807) is 19.1 Å². The number of pyridine rings is 1. The Labute approximate surface area is 133 Å². The topological polar surface area (TPSA) is 94.0 Å². The molecule has 2 heterocycles. The molecule has 0 bridgehead atoms. The quantitative estimate of drug-likeness (QED) is 0.611. The molecule has 0 fully saturated rings. The van der Waals surface area contributed by atoms with Crippen LogP contribution in [0.5, 0.6) is 0 Å². The molecule has 0 atom stereocenters. The summed E-state index contributed by atoms with van der Waals surface area (Å²) in [7, 11) is -3.46. The molecule has 118 valence electrons. The lowest BCUT2D eigenvalue weighted by Gasteiger charge is -2.10. The van der Waals surface area contributed by atoms with Gasteiger partial charge in [0.25, 0.3) is 0 Å². The van der Waals surface area contributed by atoms with Crippen LogP contribution in [0.4, 0.5) is 5.69 Å². The lowest BCUT2D eigenvalue weighted by molar-refractivity contribution is 0.112. The molecular weight excluding hydrogens is 328 g/mol. The summed E-state index contributed by atoms with van der Waals surface area (Å²) in [4.78, 5) is 15.0. The second-order valence-electron chi connectivity index (χ2n) is 4.65. The van der Waals surface area contributed by atoms with Gasteiger partial charge in [0.1, 0.15) is 0 Å². The highest BCUT2D eigenvalue weighted by atomic mass is 35.5. The van der Waals surface area contributed by atoms with Gasteiger partial charge in [0.15, 0.2) is 12.1 Å². The first-order chi connectivity index (χ1) is 10.4. The first kappa shape index (κ1) is 16.4. The number of hydrogen-bond acceptors (Lipinski definition) is 5. The van der Waals surface area contributed by atoms with E-state index in [0.29, 0.717) is 35.5 Å². The third kappa shape index (κ3) is 4.28. The zero-order chi connectivity index (χ0) is 16.2. The molecule has 2 rings (SSSR count). The molecule has 0 radical (unpaired) electrons. The molecule has 0 aliphatic carbocycles. The van der Waals surface area contributed by atoms with Gasteiger partial charge in [0.2, 0.25) is 10.0 Å². The maximum Gasteiger partial charge on any atom is 0.232 e. The molecule has 0 aliphatic heterocycles. The van der Waals surface area contributed by atoms with E-state index >= 15 is 0 Å². The van der Waals surface area contributed by atoms with Gasteiger partial charge in [-0.1, -0.05) is 0 Å². The van der Waals surface area contributed by atoms with Crippen LogP contribution in [-0.2, 0) is 10.0 Å². The molecule has 1 N–H and O–H groups in total. The van der Waals surface area contributed by atoms with Gasteiger partial charge in [-0.25, -0.2) is 18.1 Å². The van der Waals surface area contributed by atoms with Crippen molar-refractivity contribution in [3.05, 3.63) is 35.8 Å². The second-order valence-corrected chi connectivity index (χ2v) is 6.87. The molecule has 0 aromatic carbocycles. The molecule has 0 saturated carbocycles. The molecule has 9 heteroatoms. The summed E-state index contributed by atoms with van der Waals surface area (Å²) >= 11 is 5.51. The summed E-state index contributed by atoms with van der Waals surface area (Å²) in [5.41, 5.74) is 1.42. The standard InChI is InChI=1S/C13H15ClN4O3S/c1-10-5-12(17-22(20,21)4-2-3-14)6-13(16-10)18-8-11(9-19)7-15-18/h5-9H,2-4H2,1H3,(H,16,17). The highest BCUT2D eigenvalue weighted by molar-refractivity contribution is 7.92. The number of aryl methyl sites for hydroxylation is 1. The number of alkyl halides is 1. The number of aromatic nitrogens is 3. The minimum Gasteiger partial charge on any atom is -0.298 e. The van der Waals surface area contributed by atoms with Crippen molar-refractivity contribution in [1.82, 2.24) is 14.8 Å². The van der Waals surface area contributed by atoms with E-state index in [1.165, 1.54) is 17.1 Å². The Morgan fingerprint density at radius 2 is 2.18 bits per heavy atom. The Hall–Kier alpha value is -1.93. The van der Waals surface area contributed by atoms with Crippen molar-refractivity contribution < 1.29 is 13.2 Å². The van der Waals surface area contributed by atoms with Crippen LogP contribution in [0.3, 0.4) is 0 Å². The predicted molar refractivity (Wildman–Crippen MR) is 84.2 cm³/mol. The van der Waals surface area contributed by atoms with Gasteiger partial charge in [0.05, 0.1) is 23.2 Å². The number of anilines is 1. The third-order valence-corrected chi connectivity index (χ3v) is 4.37. The molecule has 0 amide bonds. The van der Waals surface area contributed by atoms with Gasteiger partial charge in [-0.2, -0.15) is 5.10 Å². The van der Waals surface area contributed by atoms with Crippen molar-refractivity contribution in [2.75, 3.05) is 16.4 Å². The molecule has 22 heavy (non-hydrogen) atoms. The lowest BCUT2D eigenvalue weighted by Crippen LogP contribution is -2.17. The van der Waals surface area contributed by atoms with Crippen LogP contribution in [-0.4, -0.2) is 41.1 Å². The molecule has 2 aromatic rings. The summed E-state index contributed by atoms with van der Waals surface area (Å²) in [6.07, 6.45) is 3.96. The van der Waals surface area contributed by atoms with E-state index in [4.69, 9.17) is 11.6 Å². The van der Waals surface area contributed by atoms with Gasteiger partial charge in [-0.3, -0.25) is 9.52 Å². The van der Waals surface area contributed by atoms with Gasteiger partial charge in [-0.15, -0.1) is 11.6 Å². The number of carbonyl (C=O) groups excluding carboxylic acids is 1. The molecule has 0 aliphatic rings. The average molecular weight is 343 g/mol. The second kappa shape index (κ2) is 6.89. The fourth-order valence-corrected chi connectivity index (χ4v) is 3.22. The van der Waals surface area contributed by atoms with E-state index in [9.17, 15) is 13.2 Å². The number of nitrogens with one attached hydrogen (secondary N) is 1. The average Bonchev–Trinajstić information content (AvgIpc) is 2.93. The van der Waals surface area contributed by atoms with Crippen molar-refractivity contribution >= 4 is 33.6 Å². The van der Waals surface area contributed by atoms with E-state index in [-0.39, 0.29) is 11.6 Å². The number of rotatable bonds is 7. The van der Waals surface area contributed by atoms with E-state index < -0.39 is 10.0 Å². The van der Waals surface area contributed by atoms with Crippen molar-refractivity contribution in [2.24, 2.45) is 0 Å². The van der Waals surface area contributed by atoms with Gasteiger partial charge in [0, 0.05) is 23.8 Å². The van der Waals surface area contributed by atoms with Crippen LogP contribution in [0.2, 0.25) is 0 Å². The lowest BCUT2D eigenvalue weighted by atomic mass is 10.3. The molecule has 0 spiro atoms. The largest absolute Gasteiger partial charge is 0.298 e. The third-order valence-electron chi connectivity index (χ3n) is 2.73. The summed E-state index contributed by atoms with van der Waals surface area (Å²) < 4.78 is 27.7. The molecule has 0 saturated heterocycles. The number of aldehydes is 1. The maximum atomic E-state index is 11.9. The number of halogens is 1. The molecule has 7 nitrogen and oxygen atoms in total. The smallest absolute Gasteiger partial charge is 0.232 e. The monoisotopic (exact) mass is 342 g/mol. The highest BCUT2D eigenvalue weighted by Gasteiger charge is 2.12. The van der Waals surface area contributed by atoms with Crippen LogP contribution >= 0.6 is 11.6 Å². The van der Waals surface area contributed by atoms with Crippen molar-refractivity contribution in [1.29, 1.82) is 0 Å². The van der Waals surface area contributed by atoms with Gasteiger partial charge >= 0.3 is 0 Å². The highest BCUT2D eigenvalue weighted by Crippen LogP contribution is 2.16. The Balaban J connectivity index is 2.29. The Morgan fingerprint density at radius 3 is 2.82 bits per heavy atom. The zero-order valence-electron chi connectivity index (χ0n) is 11.9. The fraction of sp³-hybridized carbons (Fsp3) is 0.308. The predicted octanol–water partition coefficient (Wildman–Crippen LogP) is 1.76. The minimum atomic E-state index is -3.46. The summed E-state index contributed by atoms with van der Waals surface area (Å²) in [6.45, 7) is 1.74. The first-order valence-corrected chi connectivity index (χ1v) is 8.67. The van der Waals surface area contributed by atoms with E-state index in [0.717, 1.165) is 0 Å². The van der Waals surface area contributed by atoms with Crippen LogP contribution < -0.4 is 4.72 Å². The Bertz CT molecular complexity index is 773. The SMILES string of the molecule is Cc1cc(NS(=O)(=O)CCCCl)cc(-n2cc(C=O)cn2)n1. The Morgan fingerprint density at radius 1 is 1.41 bits per heavy atom. The number of hydrogen-bond donors (Lipinski definition) is 1. The molecule has 0 unspecified atom stereocenters. The van der Waals surface area contributed by atoms with Crippen molar-refractivity contribution in [3.8, 4) is 5.82 Å². The zero-order valence-corrected chi connectivity index (χ0v) is 13.4. The van der Waals surface area contributed by atoms with Crippen LogP contribution in [0, 0.1) is 6.92 Å². The van der Waals surface area contributed by atoms with Crippen LogP contribution in [0.1, 0.15) is 22.5 Å².